The van der Waals surface area contributed by atoms with Crippen LogP contribution in [0.3, 0.4) is 0 Å². The van der Waals surface area contributed by atoms with Gasteiger partial charge in [-0.3, -0.25) is 19.7 Å². The summed E-state index contributed by atoms with van der Waals surface area (Å²) >= 11 is 0. The highest BCUT2D eigenvalue weighted by Crippen LogP contribution is 2.36. The van der Waals surface area contributed by atoms with E-state index >= 15 is 0 Å². The van der Waals surface area contributed by atoms with Gasteiger partial charge < -0.3 is 10.4 Å². The SMILES string of the molecule is O=C(NCC1(C(=O)O)CCCCC1)c1ccc(-n2cncn2)c([N+](=O)[O-])c1. The lowest BCUT2D eigenvalue weighted by atomic mass is 9.74. The van der Waals surface area contributed by atoms with Crippen LogP contribution in [0.15, 0.2) is 30.9 Å². The molecule has 0 saturated heterocycles. The third kappa shape index (κ3) is 3.78. The van der Waals surface area contributed by atoms with Crippen LogP contribution in [0, 0.1) is 15.5 Å². The number of carboxylic acid groups (broad SMARTS) is 1. The average molecular weight is 373 g/mol. The number of hydrogen-bond acceptors (Lipinski definition) is 6. The summed E-state index contributed by atoms with van der Waals surface area (Å²) in [6.45, 7) is -0.000207. The molecule has 1 aromatic heterocycles. The Morgan fingerprint density at radius 1 is 1.30 bits per heavy atom. The van der Waals surface area contributed by atoms with E-state index in [1.54, 1.807) is 0 Å². The van der Waals surface area contributed by atoms with E-state index in [0.29, 0.717) is 12.8 Å². The zero-order valence-corrected chi connectivity index (χ0v) is 14.5. The molecule has 1 heterocycles. The number of carbonyl (C=O) groups is 2. The van der Waals surface area contributed by atoms with Crippen molar-refractivity contribution in [2.24, 2.45) is 5.41 Å². The van der Waals surface area contributed by atoms with E-state index in [1.807, 2.05) is 0 Å². The minimum atomic E-state index is -0.972. The van der Waals surface area contributed by atoms with E-state index in [9.17, 15) is 24.8 Å². The fraction of sp³-hybridized carbons (Fsp3) is 0.412. The van der Waals surface area contributed by atoms with Gasteiger partial charge in [0.2, 0.25) is 0 Å². The minimum Gasteiger partial charge on any atom is -0.481 e. The first-order valence-electron chi connectivity index (χ1n) is 8.58. The van der Waals surface area contributed by atoms with Crippen LogP contribution in [-0.2, 0) is 4.79 Å². The molecule has 3 rings (SSSR count). The van der Waals surface area contributed by atoms with Crippen LogP contribution < -0.4 is 5.32 Å². The molecule has 1 saturated carbocycles. The zero-order chi connectivity index (χ0) is 19.4. The summed E-state index contributed by atoms with van der Waals surface area (Å²) in [5, 5.41) is 27.4. The van der Waals surface area contributed by atoms with Gasteiger partial charge in [0, 0.05) is 18.2 Å². The molecule has 0 aliphatic heterocycles. The van der Waals surface area contributed by atoms with E-state index in [2.05, 4.69) is 15.4 Å². The van der Waals surface area contributed by atoms with Crippen LogP contribution in [0.25, 0.3) is 5.69 Å². The second-order valence-electron chi connectivity index (χ2n) is 6.63. The Bertz CT molecular complexity index is 859. The number of benzene rings is 1. The number of amides is 1. The Balaban J connectivity index is 1.79. The summed E-state index contributed by atoms with van der Waals surface area (Å²) in [5.74, 6) is -1.47. The Morgan fingerprint density at radius 2 is 2.04 bits per heavy atom. The second kappa shape index (κ2) is 7.52. The molecule has 0 bridgehead atoms. The Hall–Kier alpha value is -3.30. The minimum absolute atomic E-state index is 0.000207. The standard InChI is InChI=1S/C17H19N5O5/c23-15(19-9-17(16(24)25)6-2-1-3-7-17)12-4-5-13(14(8-12)22(26)27)21-11-18-10-20-21/h4-5,8,10-11H,1-3,6-7,9H2,(H,19,23)(H,24,25). The normalized spacial score (nSPS) is 15.9. The number of rotatable bonds is 6. The highest BCUT2D eigenvalue weighted by Gasteiger charge is 2.39. The fourth-order valence-electron chi connectivity index (χ4n) is 3.38. The molecule has 0 unspecified atom stereocenters. The summed E-state index contributed by atoms with van der Waals surface area (Å²) in [6.07, 6.45) is 6.18. The third-order valence-electron chi connectivity index (χ3n) is 4.95. The lowest BCUT2D eigenvalue weighted by Gasteiger charge is -2.33. The van der Waals surface area contributed by atoms with Gasteiger partial charge in [-0.1, -0.05) is 19.3 Å². The molecule has 142 valence electrons. The molecule has 2 N–H and O–H groups in total. The predicted octanol–water partition coefficient (Wildman–Crippen LogP) is 1.94. The van der Waals surface area contributed by atoms with E-state index in [-0.39, 0.29) is 23.5 Å². The van der Waals surface area contributed by atoms with Crippen molar-refractivity contribution >= 4 is 17.6 Å². The molecule has 1 aliphatic rings. The maximum absolute atomic E-state index is 12.5. The van der Waals surface area contributed by atoms with E-state index in [1.165, 1.54) is 29.5 Å². The molecule has 1 fully saturated rings. The molecular formula is C17H19N5O5. The van der Waals surface area contributed by atoms with Crippen LogP contribution >= 0.6 is 0 Å². The van der Waals surface area contributed by atoms with E-state index < -0.39 is 22.2 Å². The average Bonchev–Trinajstić information content (AvgIpc) is 3.20. The first-order chi connectivity index (χ1) is 12.9. The molecule has 10 heteroatoms. The van der Waals surface area contributed by atoms with Gasteiger partial charge in [0.25, 0.3) is 11.6 Å². The maximum Gasteiger partial charge on any atom is 0.311 e. The molecular weight excluding hydrogens is 354 g/mol. The van der Waals surface area contributed by atoms with Crippen molar-refractivity contribution in [1.82, 2.24) is 20.1 Å². The Kier molecular flexibility index (Phi) is 5.15. The molecule has 10 nitrogen and oxygen atoms in total. The lowest BCUT2D eigenvalue weighted by Crippen LogP contribution is -2.44. The highest BCUT2D eigenvalue weighted by atomic mass is 16.6. The molecule has 1 aromatic carbocycles. The van der Waals surface area contributed by atoms with Gasteiger partial charge in [-0.15, -0.1) is 0 Å². The lowest BCUT2D eigenvalue weighted by molar-refractivity contribution is -0.384. The van der Waals surface area contributed by atoms with Gasteiger partial charge >= 0.3 is 5.97 Å². The van der Waals surface area contributed by atoms with Crippen LogP contribution in [0.5, 0.6) is 0 Å². The van der Waals surface area contributed by atoms with Gasteiger partial charge in [-0.05, 0) is 25.0 Å². The summed E-state index contributed by atoms with van der Waals surface area (Å²) in [7, 11) is 0. The summed E-state index contributed by atoms with van der Waals surface area (Å²) < 4.78 is 1.24. The molecule has 0 atom stereocenters. The molecule has 0 spiro atoms. The zero-order valence-electron chi connectivity index (χ0n) is 14.5. The third-order valence-corrected chi connectivity index (χ3v) is 4.95. The van der Waals surface area contributed by atoms with E-state index in [0.717, 1.165) is 25.3 Å². The van der Waals surface area contributed by atoms with Crippen molar-refractivity contribution in [3.63, 3.8) is 0 Å². The number of nitrogens with zero attached hydrogens (tertiary/aromatic N) is 4. The number of carboxylic acids is 1. The summed E-state index contributed by atoms with van der Waals surface area (Å²) in [5.41, 5.74) is -0.996. The number of nitro groups is 1. The van der Waals surface area contributed by atoms with E-state index in [4.69, 9.17) is 0 Å². The molecule has 27 heavy (non-hydrogen) atoms. The van der Waals surface area contributed by atoms with Gasteiger partial charge in [-0.2, -0.15) is 5.10 Å². The Morgan fingerprint density at radius 3 is 2.63 bits per heavy atom. The van der Waals surface area contributed by atoms with Gasteiger partial charge in [0.05, 0.1) is 10.3 Å². The van der Waals surface area contributed by atoms with Crippen molar-refractivity contribution in [3.05, 3.63) is 46.5 Å². The summed E-state index contributed by atoms with van der Waals surface area (Å²) in [4.78, 5) is 38.7. The van der Waals surface area contributed by atoms with Crippen molar-refractivity contribution in [2.45, 2.75) is 32.1 Å². The molecule has 1 amide bonds. The van der Waals surface area contributed by atoms with Crippen molar-refractivity contribution in [3.8, 4) is 5.69 Å². The van der Waals surface area contributed by atoms with Crippen molar-refractivity contribution < 1.29 is 19.6 Å². The largest absolute Gasteiger partial charge is 0.481 e. The highest BCUT2D eigenvalue weighted by molar-refractivity contribution is 5.95. The summed E-state index contributed by atoms with van der Waals surface area (Å²) in [6, 6.07) is 4.00. The number of nitro benzene ring substituents is 1. The molecule has 1 aliphatic carbocycles. The van der Waals surface area contributed by atoms with Crippen molar-refractivity contribution in [1.29, 1.82) is 0 Å². The van der Waals surface area contributed by atoms with Gasteiger partial charge in [0.1, 0.15) is 18.3 Å². The molecule has 0 radical (unpaired) electrons. The van der Waals surface area contributed by atoms with Crippen LogP contribution in [0.1, 0.15) is 42.5 Å². The number of aliphatic carboxylic acids is 1. The smallest absolute Gasteiger partial charge is 0.311 e. The van der Waals surface area contributed by atoms with Gasteiger partial charge in [-0.25, -0.2) is 9.67 Å². The topological polar surface area (TPSA) is 140 Å². The predicted molar refractivity (Wildman–Crippen MR) is 93.5 cm³/mol. The number of nitrogens with one attached hydrogen (secondary N) is 1. The first kappa shape index (κ1) is 18.5. The number of hydrogen-bond donors (Lipinski definition) is 2. The fourth-order valence-corrected chi connectivity index (χ4v) is 3.38. The second-order valence-corrected chi connectivity index (χ2v) is 6.63. The quantitative estimate of drug-likeness (QED) is 0.582. The monoisotopic (exact) mass is 373 g/mol. The number of carbonyl (C=O) groups excluding carboxylic acids is 1. The Labute approximate surface area is 154 Å². The molecule has 2 aromatic rings. The van der Waals surface area contributed by atoms with Crippen LogP contribution in [0.2, 0.25) is 0 Å². The number of aromatic nitrogens is 3. The van der Waals surface area contributed by atoms with Gasteiger partial charge in [0.15, 0.2) is 0 Å². The van der Waals surface area contributed by atoms with Crippen LogP contribution in [-0.4, -0.2) is 43.2 Å². The first-order valence-corrected chi connectivity index (χ1v) is 8.58. The van der Waals surface area contributed by atoms with Crippen LogP contribution in [0.4, 0.5) is 5.69 Å². The van der Waals surface area contributed by atoms with Crippen molar-refractivity contribution in [2.75, 3.05) is 6.54 Å². The maximum atomic E-state index is 12.5.